The highest BCUT2D eigenvalue weighted by atomic mass is 32.2. The molecule has 0 saturated carbocycles. The van der Waals surface area contributed by atoms with Gasteiger partial charge >= 0.3 is 12.1 Å². The van der Waals surface area contributed by atoms with Gasteiger partial charge in [-0.1, -0.05) is 58.4 Å². The molecule has 308 valence electrons. The molecule has 0 aliphatic heterocycles. The number of ether oxygens (including phenoxy) is 3. The summed E-state index contributed by atoms with van der Waals surface area (Å²) in [5, 5.41) is 9.78. The summed E-state index contributed by atoms with van der Waals surface area (Å²) in [6.07, 6.45) is 1.71. The van der Waals surface area contributed by atoms with Crippen LogP contribution in [0.25, 0.3) is 16.8 Å². The summed E-state index contributed by atoms with van der Waals surface area (Å²) >= 11 is 0. The minimum atomic E-state index is -3.66. The Morgan fingerprint density at radius 2 is 1.53 bits per heavy atom. The van der Waals surface area contributed by atoms with Gasteiger partial charge in [0.05, 0.1) is 24.1 Å². The van der Waals surface area contributed by atoms with Crippen LogP contribution in [0.15, 0.2) is 90.0 Å². The third-order valence-corrected chi connectivity index (χ3v) is 9.00. The maximum Gasteiger partial charge on any atom is 0.424 e. The molecule has 3 amide bonds. The number of rotatable bonds is 14. The molecule has 2 N–H and O–H groups in total. The predicted molar refractivity (Wildman–Crippen MR) is 216 cm³/mol. The summed E-state index contributed by atoms with van der Waals surface area (Å²) in [5.74, 6) is -1.97. The van der Waals surface area contributed by atoms with Crippen LogP contribution in [0.5, 0.6) is 5.75 Å². The van der Waals surface area contributed by atoms with Crippen molar-refractivity contribution in [2.75, 3.05) is 30.1 Å². The highest BCUT2D eigenvalue weighted by molar-refractivity contribution is 7.90. The lowest BCUT2D eigenvalue weighted by molar-refractivity contribution is -0.164. The molecule has 5 aromatic rings. The number of fused-ring (bicyclic) bond motifs is 1. The van der Waals surface area contributed by atoms with Crippen LogP contribution < -0.4 is 20.3 Å². The minimum Gasteiger partial charge on any atom is -0.495 e. The Kier molecular flexibility index (Phi) is 15.4. The number of hydrogen-bond acceptors (Lipinski definition) is 11. The average Bonchev–Trinajstić information content (AvgIpc) is 3.58. The maximum atomic E-state index is 13.8. The molecular weight excluding hydrogens is 772 g/mol. The largest absolute Gasteiger partial charge is 0.495 e. The second-order valence-corrected chi connectivity index (χ2v) is 15.5. The molecule has 0 aliphatic rings. The Hall–Kier alpha value is -6.36. The second-order valence-electron chi connectivity index (χ2n) is 13.5. The van der Waals surface area contributed by atoms with Crippen LogP contribution in [0.4, 0.5) is 26.5 Å². The van der Waals surface area contributed by atoms with Gasteiger partial charge in [-0.2, -0.15) is 4.98 Å². The fraction of sp³-hybridized carbons (Fsp3) is 0.317. The number of methoxy groups -OCH3 is 1. The SMILES string of the molecule is CCC.COc1cc(S(C)(=O)=O)ccc1N(C(=O)OC(C)OC(=O)CNC(=O)CC(C)C)c1nc2ccc(-c3ccc(NC(=O)Cc4ccc(F)cc4)cc3)cn2n1. The van der Waals surface area contributed by atoms with Gasteiger partial charge in [0.15, 0.2) is 15.5 Å². The summed E-state index contributed by atoms with van der Waals surface area (Å²) in [5.41, 5.74) is 3.04. The number of carbonyl (C=O) groups is 4. The van der Waals surface area contributed by atoms with Crippen molar-refractivity contribution < 1.29 is 46.2 Å². The van der Waals surface area contributed by atoms with Gasteiger partial charge in [-0.05, 0) is 65.6 Å². The summed E-state index contributed by atoms with van der Waals surface area (Å²) in [7, 11) is -2.37. The molecule has 1 unspecified atom stereocenters. The Morgan fingerprint density at radius 1 is 0.879 bits per heavy atom. The number of sulfone groups is 1. The van der Waals surface area contributed by atoms with Crippen LogP contribution in [0.1, 0.15) is 53.0 Å². The number of nitrogens with zero attached hydrogens (tertiary/aromatic N) is 4. The van der Waals surface area contributed by atoms with Gasteiger partial charge in [-0.15, -0.1) is 5.10 Å². The van der Waals surface area contributed by atoms with Crippen molar-refractivity contribution in [1.82, 2.24) is 19.9 Å². The van der Waals surface area contributed by atoms with Gasteiger partial charge in [-0.3, -0.25) is 14.4 Å². The van der Waals surface area contributed by atoms with E-state index in [0.717, 1.165) is 16.7 Å². The molecule has 2 aromatic heterocycles. The van der Waals surface area contributed by atoms with Gasteiger partial charge < -0.3 is 24.8 Å². The Morgan fingerprint density at radius 3 is 2.16 bits per heavy atom. The monoisotopic (exact) mass is 818 g/mol. The molecular formula is C41H47FN6O9S. The molecule has 58 heavy (non-hydrogen) atoms. The topological polar surface area (TPSA) is 188 Å². The van der Waals surface area contributed by atoms with Crippen molar-refractivity contribution in [2.24, 2.45) is 5.92 Å². The van der Waals surface area contributed by atoms with Crippen LogP contribution in [-0.4, -0.2) is 73.1 Å². The van der Waals surface area contributed by atoms with E-state index in [9.17, 15) is 32.0 Å². The molecule has 0 aliphatic carbocycles. The molecule has 0 saturated heterocycles. The molecule has 1 atom stereocenters. The van der Waals surface area contributed by atoms with Crippen LogP contribution in [0.2, 0.25) is 0 Å². The molecule has 0 fully saturated rings. The lowest BCUT2D eigenvalue weighted by atomic mass is 10.1. The van der Waals surface area contributed by atoms with E-state index in [1.54, 1.807) is 54.7 Å². The van der Waals surface area contributed by atoms with Crippen LogP contribution in [0, 0.1) is 11.7 Å². The number of amides is 3. The van der Waals surface area contributed by atoms with Gasteiger partial charge in [0.2, 0.25) is 18.1 Å². The average molecular weight is 819 g/mol. The van der Waals surface area contributed by atoms with Gasteiger partial charge in [0.25, 0.3) is 5.95 Å². The van der Waals surface area contributed by atoms with E-state index in [1.807, 2.05) is 13.8 Å². The molecule has 2 heterocycles. The van der Waals surface area contributed by atoms with E-state index in [-0.39, 0.29) is 58.7 Å². The zero-order chi connectivity index (χ0) is 42.6. The normalized spacial score (nSPS) is 11.5. The first kappa shape index (κ1) is 44.4. The molecule has 0 radical (unpaired) electrons. The highest BCUT2D eigenvalue weighted by Gasteiger charge is 2.30. The Balaban J connectivity index is 0.00000240. The molecule has 15 nitrogen and oxygen atoms in total. The maximum absolute atomic E-state index is 13.8. The van der Waals surface area contributed by atoms with E-state index in [4.69, 9.17) is 14.2 Å². The van der Waals surface area contributed by atoms with Gasteiger partial charge in [0.1, 0.15) is 18.1 Å². The van der Waals surface area contributed by atoms with Gasteiger partial charge in [0, 0.05) is 43.1 Å². The number of pyridine rings is 1. The number of benzene rings is 3. The molecule has 3 aromatic carbocycles. The second kappa shape index (κ2) is 20.2. The van der Waals surface area contributed by atoms with E-state index in [1.165, 1.54) is 55.3 Å². The minimum absolute atomic E-state index is 0.0209. The number of anilines is 3. The fourth-order valence-corrected chi connectivity index (χ4v) is 5.93. The summed E-state index contributed by atoms with van der Waals surface area (Å²) in [6, 6.07) is 20.0. The van der Waals surface area contributed by atoms with Crippen LogP contribution in [0.3, 0.4) is 0 Å². The van der Waals surface area contributed by atoms with Crippen molar-refractivity contribution in [2.45, 2.75) is 65.1 Å². The number of aromatic nitrogens is 3. The zero-order valence-electron chi connectivity index (χ0n) is 33.3. The lowest BCUT2D eigenvalue weighted by Crippen LogP contribution is -2.36. The van der Waals surface area contributed by atoms with Crippen LogP contribution in [-0.2, 0) is 40.1 Å². The first-order valence-electron chi connectivity index (χ1n) is 18.4. The Labute approximate surface area is 336 Å². The molecule has 5 rings (SSSR count). The summed E-state index contributed by atoms with van der Waals surface area (Å²) < 4.78 is 55.3. The summed E-state index contributed by atoms with van der Waals surface area (Å²) in [6.45, 7) is 8.83. The van der Waals surface area contributed by atoms with E-state index >= 15 is 0 Å². The molecule has 0 spiro atoms. The standard InChI is InChI=1S/C38H39FN6O9S.C3H8/c1-23(2)18-34(46)40-21-36(48)53-24(3)54-38(49)45(31-16-15-30(55(5,50)51)20-32(31)52-4)37-42-33-17-10-27(22-44(33)43-37)26-8-13-29(14-9-26)41-35(47)19-25-6-11-28(39)12-7-25;1-3-2/h6-17,20,22-24H,18-19,21H2,1-5H3,(H,40,46)(H,41,47);3H2,1-2H3. The first-order valence-corrected chi connectivity index (χ1v) is 20.3. The predicted octanol–water partition coefficient (Wildman–Crippen LogP) is 6.87. The third kappa shape index (κ3) is 12.6. The Bertz CT molecular complexity index is 2330. The van der Waals surface area contributed by atoms with Crippen molar-refractivity contribution in [3.8, 4) is 16.9 Å². The first-order chi connectivity index (χ1) is 27.5. The third-order valence-electron chi connectivity index (χ3n) is 7.89. The quantitative estimate of drug-likeness (QED) is 0.0879. The molecule has 17 heteroatoms. The van der Waals surface area contributed by atoms with Crippen molar-refractivity contribution >= 4 is 56.7 Å². The van der Waals surface area contributed by atoms with E-state index < -0.39 is 34.7 Å². The zero-order valence-corrected chi connectivity index (χ0v) is 34.1. The van der Waals surface area contributed by atoms with Crippen LogP contribution >= 0.6 is 0 Å². The number of halogens is 1. The van der Waals surface area contributed by atoms with E-state index in [2.05, 4.69) is 34.6 Å². The smallest absolute Gasteiger partial charge is 0.424 e. The summed E-state index contributed by atoms with van der Waals surface area (Å²) in [4.78, 5) is 56.0. The molecule has 0 bridgehead atoms. The fourth-order valence-electron chi connectivity index (χ4n) is 5.30. The van der Waals surface area contributed by atoms with Crippen molar-refractivity contribution in [3.63, 3.8) is 0 Å². The highest BCUT2D eigenvalue weighted by Crippen LogP contribution is 2.36. The van der Waals surface area contributed by atoms with Crippen molar-refractivity contribution in [3.05, 3.63) is 96.4 Å². The number of nitrogens with one attached hydrogen (secondary N) is 2. The number of hydrogen-bond donors (Lipinski definition) is 2. The van der Waals surface area contributed by atoms with Crippen molar-refractivity contribution in [1.29, 1.82) is 0 Å². The lowest BCUT2D eigenvalue weighted by Gasteiger charge is -2.23. The number of carbonyl (C=O) groups excluding carboxylic acids is 4. The van der Waals surface area contributed by atoms with Gasteiger partial charge in [-0.25, -0.2) is 27.0 Å². The number of esters is 1. The van der Waals surface area contributed by atoms with E-state index in [0.29, 0.717) is 22.5 Å².